The highest BCUT2D eigenvalue weighted by Crippen LogP contribution is 2.14. The summed E-state index contributed by atoms with van der Waals surface area (Å²) < 4.78 is 0. The van der Waals surface area contributed by atoms with Crippen molar-refractivity contribution in [3.05, 3.63) is 11.6 Å². The van der Waals surface area contributed by atoms with Crippen molar-refractivity contribution < 1.29 is 9.90 Å². The zero-order chi connectivity index (χ0) is 12.8. The maximum Gasteiger partial charge on any atom is 0.323 e. The van der Waals surface area contributed by atoms with Gasteiger partial charge >= 0.3 is 5.97 Å². The van der Waals surface area contributed by atoms with Crippen molar-refractivity contribution in [2.45, 2.75) is 39.2 Å². The van der Waals surface area contributed by atoms with Gasteiger partial charge in [-0.25, -0.2) is 0 Å². The number of aliphatic imine (C=N–C) groups is 1. The first kappa shape index (κ1) is 14.6. The van der Waals surface area contributed by atoms with Gasteiger partial charge in [-0.2, -0.15) is 0 Å². The van der Waals surface area contributed by atoms with Gasteiger partial charge < -0.3 is 16.6 Å². The van der Waals surface area contributed by atoms with Gasteiger partial charge in [0.15, 0.2) is 0 Å². The fourth-order valence-corrected chi connectivity index (χ4v) is 1.28. The fraction of sp³-hybridized carbons (Fsp3) is 0.636. The van der Waals surface area contributed by atoms with Gasteiger partial charge in [0.2, 0.25) is 0 Å². The summed E-state index contributed by atoms with van der Waals surface area (Å²) in [6.45, 7) is 5.73. The van der Waals surface area contributed by atoms with E-state index in [1.165, 1.54) is 6.92 Å². The van der Waals surface area contributed by atoms with Crippen molar-refractivity contribution in [2.75, 3.05) is 6.54 Å². The summed E-state index contributed by atoms with van der Waals surface area (Å²) in [5.41, 5.74) is 10.8. The molecule has 0 aromatic carbocycles. The third-order valence-electron chi connectivity index (χ3n) is 2.12. The number of hydrogen-bond acceptors (Lipinski definition) is 3. The fourth-order valence-electron chi connectivity index (χ4n) is 1.28. The summed E-state index contributed by atoms with van der Waals surface area (Å²) >= 11 is 0. The van der Waals surface area contributed by atoms with Crippen molar-refractivity contribution in [3.8, 4) is 0 Å². The molecule has 0 bridgehead atoms. The molecule has 0 unspecified atom stereocenters. The van der Waals surface area contributed by atoms with Crippen LogP contribution >= 0.6 is 0 Å². The Morgan fingerprint density at radius 1 is 1.50 bits per heavy atom. The first-order valence-corrected chi connectivity index (χ1v) is 5.20. The van der Waals surface area contributed by atoms with Crippen LogP contribution in [-0.2, 0) is 4.79 Å². The summed E-state index contributed by atoms with van der Waals surface area (Å²) in [5, 5.41) is 8.84. The van der Waals surface area contributed by atoms with E-state index in [4.69, 9.17) is 16.6 Å². The van der Waals surface area contributed by atoms with Crippen molar-refractivity contribution in [1.82, 2.24) is 0 Å². The van der Waals surface area contributed by atoms with E-state index in [0.717, 1.165) is 12.0 Å². The van der Waals surface area contributed by atoms with E-state index in [9.17, 15) is 4.79 Å². The van der Waals surface area contributed by atoms with E-state index in [1.54, 1.807) is 6.92 Å². The van der Waals surface area contributed by atoms with Crippen LogP contribution in [-0.4, -0.2) is 29.0 Å². The Morgan fingerprint density at radius 3 is 2.50 bits per heavy atom. The number of nitrogens with zero attached hydrogens (tertiary/aromatic N) is 1. The van der Waals surface area contributed by atoms with Crippen LogP contribution in [0.5, 0.6) is 0 Å². The van der Waals surface area contributed by atoms with Gasteiger partial charge in [-0.15, -0.1) is 0 Å². The highest BCUT2D eigenvalue weighted by Gasteiger charge is 2.27. The lowest BCUT2D eigenvalue weighted by atomic mass is 9.94. The minimum Gasteiger partial charge on any atom is -0.480 e. The number of rotatable bonds is 6. The number of carboxylic acids is 1. The van der Waals surface area contributed by atoms with E-state index in [-0.39, 0.29) is 0 Å². The van der Waals surface area contributed by atoms with Crippen LogP contribution in [0.3, 0.4) is 0 Å². The minimum absolute atomic E-state index is 0.341. The second-order valence-corrected chi connectivity index (χ2v) is 4.26. The summed E-state index contributed by atoms with van der Waals surface area (Å²) in [7, 11) is 0. The van der Waals surface area contributed by atoms with Crippen molar-refractivity contribution >= 4 is 11.8 Å². The van der Waals surface area contributed by atoms with Gasteiger partial charge in [0.05, 0.1) is 5.84 Å². The molecule has 0 aliphatic carbocycles. The van der Waals surface area contributed by atoms with E-state index in [0.29, 0.717) is 18.8 Å². The maximum absolute atomic E-state index is 10.8. The van der Waals surface area contributed by atoms with Crippen LogP contribution in [0, 0.1) is 0 Å². The molecule has 5 nitrogen and oxygen atoms in total. The van der Waals surface area contributed by atoms with E-state index < -0.39 is 11.5 Å². The third-order valence-corrected chi connectivity index (χ3v) is 2.12. The van der Waals surface area contributed by atoms with Crippen molar-refractivity contribution in [2.24, 2.45) is 16.5 Å². The molecule has 0 aromatic rings. The molecule has 1 atom stereocenters. The first-order chi connectivity index (χ1) is 7.25. The first-order valence-electron chi connectivity index (χ1n) is 5.20. The molecule has 92 valence electrons. The number of nitrogens with two attached hydrogens (primary N) is 2. The Kier molecular flexibility index (Phi) is 5.74. The molecule has 5 N–H and O–H groups in total. The molecule has 0 radical (unpaired) electrons. The van der Waals surface area contributed by atoms with Gasteiger partial charge in [-0.05, 0) is 33.6 Å². The molecule has 0 aliphatic rings. The van der Waals surface area contributed by atoms with Crippen molar-refractivity contribution in [1.29, 1.82) is 0 Å². The summed E-state index contributed by atoms with van der Waals surface area (Å²) in [5.74, 6) is -0.434. The van der Waals surface area contributed by atoms with E-state index >= 15 is 0 Å². The van der Waals surface area contributed by atoms with Crippen LogP contribution < -0.4 is 11.5 Å². The molecule has 0 fully saturated rings. The van der Waals surface area contributed by atoms with Gasteiger partial charge in [0.25, 0.3) is 0 Å². The molecule has 5 heteroatoms. The molecule has 0 amide bonds. The monoisotopic (exact) mass is 227 g/mol. The highest BCUT2D eigenvalue weighted by molar-refractivity contribution is 5.78. The Balaban J connectivity index is 4.16. The smallest absolute Gasteiger partial charge is 0.323 e. The molecule has 0 saturated carbocycles. The zero-order valence-electron chi connectivity index (χ0n) is 10.2. The molecular weight excluding hydrogens is 206 g/mol. The lowest BCUT2D eigenvalue weighted by Crippen LogP contribution is -2.44. The quantitative estimate of drug-likeness (QED) is 0.271. The molecule has 0 aromatic heterocycles. The molecule has 16 heavy (non-hydrogen) atoms. The summed E-state index contributed by atoms with van der Waals surface area (Å²) in [6, 6.07) is 0. The normalized spacial score (nSPS) is 17.0. The van der Waals surface area contributed by atoms with Crippen LogP contribution in [0.25, 0.3) is 0 Å². The topological polar surface area (TPSA) is 102 Å². The number of amidine groups is 1. The lowest BCUT2D eigenvalue weighted by Gasteiger charge is -2.19. The Hall–Kier alpha value is -1.36. The molecule has 0 saturated heterocycles. The predicted octanol–water partition coefficient (Wildman–Crippen LogP) is 0.892. The second kappa shape index (κ2) is 6.27. The molecular formula is C11H21N3O2. The van der Waals surface area contributed by atoms with E-state index in [1.807, 2.05) is 13.0 Å². The highest BCUT2D eigenvalue weighted by atomic mass is 16.4. The van der Waals surface area contributed by atoms with Crippen molar-refractivity contribution in [3.63, 3.8) is 0 Å². The molecule has 0 aliphatic heterocycles. The number of hydrogen-bond donors (Lipinski definition) is 3. The predicted molar refractivity (Wildman–Crippen MR) is 65.4 cm³/mol. The standard InChI is InChI=1S/C11H21N3O2/c1-8(5-4-6-14-9(2)12)7-11(3,13)10(15)16/h5H,4,6-7,13H2,1-3H3,(H2,12,14)(H,15,16)/b8-5-/t11-/m1/s1. The average molecular weight is 227 g/mol. The third kappa shape index (κ3) is 6.19. The minimum atomic E-state index is -1.20. The Bertz CT molecular complexity index is 302. The Labute approximate surface area is 96.2 Å². The summed E-state index contributed by atoms with van der Waals surface area (Å²) in [6.07, 6.45) is 3.03. The van der Waals surface area contributed by atoms with Gasteiger partial charge in [-0.3, -0.25) is 9.79 Å². The maximum atomic E-state index is 10.8. The van der Waals surface area contributed by atoms with E-state index in [2.05, 4.69) is 4.99 Å². The van der Waals surface area contributed by atoms with Crippen LogP contribution in [0.4, 0.5) is 0 Å². The Morgan fingerprint density at radius 2 is 2.06 bits per heavy atom. The van der Waals surface area contributed by atoms with Gasteiger partial charge in [-0.1, -0.05) is 11.6 Å². The van der Waals surface area contributed by atoms with Gasteiger partial charge in [0.1, 0.15) is 5.54 Å². The number of carboxylic acid groups (broad SMARTS) is 1. The number of carbonyl (C=O) groups is 1. The lowest BCUT2D eigenvalue weighted by molar-refractivity contribution is -0.142. The average Bonchev–Trinajstić information content (AvgIpc) is 2.11. The summed E-state index contributed by atoms with van der Waals surface area (Å²) in [4.78, 5) is 14.8. The SMILES string of the molecule is CC(N)=NCC/C=C(/C)C[C@@](C)(N)C(=O)O. The van der Waals surface area contributed by atoms with Crippen LogP contribution in [0.2, 0.25) is 0 Å². The zero-order valence-corrected chi connectivity index (χ0v) is 10.2. The molecule has 0 heterocycles. The largest absolute Gasteiger partial charge is 0.480 e. The van der Waals surface area contributed by atoms with Gasteiger partial charge in [0, 0.05) is 6.54 Å². The van der Waals surface area contributed by atoms with Crippen LogP contribution in [0.15, 0.2) is 16.6 Å². The molecule has 0 spiro atoms. The van der Waals surface area contributed by atoms with Crippen LogP contribution in [0.1, 0.15) is 33.6 Å². The number of aliphatic carboxylic acids is 1. The second-order valence-electron chi connectivity index (χ2n) is 4.26. The molecule has 0 rings (SSSR count).